The molecule has 0 unspecified atom stereocenters. The molecule has 1 saturated carbocycles. The Hall–Kier alpha value is -1.55. The molecule has 0 radical (unpaired) electrons. The van der Waals surface area contributed by atoms with E-state index in [4.69, 9.17) is 4.74 Å². The molecule has 0 bridgehead atoms. The van der Waals surface area contributed by atoms with Crippen molar-refractivity contribution < 1.29 is 4.74 Å². The predicted octanol–water partition coefficient (Wildman–Crippen LogP) is 3.56. The predicted molar refractivity (Wildman–Crippen MR) is 99.1 cm³/mol. The summed E-state index contributed by atoms with van der Waals surface area (Å²) in [6, 6.07) is 8.66. The molecule has 1 saturated heterocycles. The van der Waals surface area contributed by atoms with E-state index in [1.165, 1.54) is 49.8 Å². The van der Waals surface area contributed by atoms with Crippen molar-refractivity contribution >= 4 is 5.96 Å². The van der Waals surface area contributed by atoms with Gasteiger partial charge in [0.2, 0.25) is 0 Å². The van der Waals surface area contributed by atoms with Gasteiger partial charge >= 0.3 is 0 Å². The summed E-state index contributed by atoms with van der Waals surface area (Å²) >= 11 is 0. The first-order valence-corrected chi connectivity index (χ1v) is 9.36. The Morgan fingerprint density at radius 3 is 2.54 bits per heavy atom. The van der Waals surface area contributed by atoms with Gasteiger partial charge in [0.15, 0.2) is 5.96 Å². The fourth-order valence-corrected chi connectivity index (χ4v) is 4.14. The maximum absolute atomic E-state index is 5.45. The van der Waals surface area contributed by atoms with Crippen LogP contribution >= 0.6 is 0 Å². The minimum absolute atomic E-state index is 0.582. The molecule has 1 heterocycles. The molecule has 24 heavy (non-hydrogen) atoms. The number of hydrogen-bond acceptors (Lipinski definition) is 2. The van der Waals surface area contributed by atoms with Crippen molar-refractivity contribution in [3.05, 3.63) is 35.4 Å². The Balaban J connectivity index is 1.51. The average molecular weight is 329 g/mol. The minimum Gasteiger partial charge on any atom is -0.377 e. The molecule has 1 spiro atoms. The van der Waals surface area contributed by atoms with Gasteiger partial charge in [0, 0.05) is 33.3 Å². The van der Waals surface area contributed by atoms with Crippen LogP contribution in [0.1, 0.15) is 50.2 Å². The van der Waals surface area contributed by atoms with Crippen molar-refractivity contribution in [1.82, 2.24) is 10.2 Å². The minimum atomic E-state index is 0.582. The molecule has 2 aliphatic rings. The van der Waals surface area contributed by atoms with Crippen molar-refractivity contribution in [3.8, 4) is 0 Å². The van der Waals surface area contributed by atoms with Gasteiger partial charge < -0.3 is 15.0 Å². The van der Waals surface area contributed by atoms with Gasteiger partial charge in [-0.3, -0.25) is 4.99 Å². The molecule has 2 fully saturated rings. The molecule has 0 aromatic heterocycles. The SMILES string of the molecule is CCOCc1ccc(CNC(=NC)N2CCC3(CCCC3)C2)cc1. The summed E-state index contributed by atoms with van der Waals surface area (Å²) in [6.45, 7) is 6.63. The van der Waals surface area contributed by atoms with E-state index in [1.807, 2.05) is 14.0 Å². The molecule has 1 aromatic rings. The lowest BCUT2D eigenvalue weighted by molar-refractivity contribution is 0.134. The van der Waals surface area contributed by atoms with Crippen molar-refractivity contribution in [1.29, 1.82) is 0 Å². The second kappa shape index (κ2) is 8.02. The fraction of sp³-hybridized carbons (Fsp3) is 0.650. The van der Waals surface area contributed by atoms with Crippen LogP contribution in [-0.4, -0.2) is 37.6 Å². The van der Waals surface area contributed by atoms with Crippen molar-refractivity contribution in [2.75, 3.05) is 26.7 Å². The third-order valence-corrected chi connectivity index (χ3v) is 5.56. The Morgan fingerprint density at radius 1 is 1.17 bits per heavy atom. The quantitative estimate of drug-likeness (QED) is 0.663. The van der Waals surface area contributed by atoms with Gasteiger partial charge in [-0.2, -0.15) is 0 Å². The number of nitrogens with one attached hydrogen (secondary N) is 1. The van der Waals surface area contributed by atoms with E-state index >= 15 is 0 Å². The first kappa shape index (κ1) is 17.3. The highest BCUT2D eigenvalue weighted by Gasteiger charge is 2.40. The lowest BCUT2D eigenvalue weighted by atomic mass is 9.86. The lowest BCUT2D eigenvalue weighted by Crippen LogP contribution is -2.40. The van der Waals surface area contributed by atoms with Crippen LogP contribution in [0.5, 0.6) is 0 Å². The molecular weight excluding hydrogens is 298 g/mol. The number of ether oxygens (including phenoxy) is 1. The number of aliphatic imine (C=N–C) groups is 1. The summed E-state index contributed by atoms with van der Waals surface area (Å²) in [5, 5.41) is 3.54. The highest BCUT2D eigenvalue weighted by atomic mass is 16.5. The van der Waals surface area contributed by atoms with Crippen LogP contribution in [0.25, 0.3) is 0 Å². The van der Waals surface area contributed by atoms with E-state index in [0.717, 1.165) is 25.7 Å². The summed E-state index contributed by atoms with van der Waals surface area (Å²) in [5.41, 5.74) is 3.09. The van der Waals surface area contributed by atoms with Gasteiger partial charge in [0.1, 0.15) is 0 Å². The maximum Gasteiger partial charge on any atom is 0.193 e. The molecule has 1 aromatic carbocycles. The highest BCUT2D eigenvalue weighted by molar-refractivity contribution is 5.80. The van der Waals surface area contributed by atoms with E-state index in [0.29, 0.717) is 12.0 Å². The zero-order valence-corrected chi connectivity index (χ0v) is 15.2. The van der Waals surface area contributed by atoms with Crippen LogP contribution in [0.4, 0.5) is 0 Å². The summed E-state index contributed by atoms with van der Waals surface area (Å²) in [5.74, 6) is 1.05. The largest absolute Gasteiger partial charge is 0.377 e. The van der Waals surface area contributed by atoms with Crippen molar-refractivity contribution in [3.63, 3.8) is 0 Å². The average Bonchev–Trinajstić information content (AvgIpc) is 3.25. The molecule has 1 aliphatic heterocycles. The molecular formula is C20H31N3O. The number of hydrogen-bond donors (Lipinski definition) is 1. The van der Waals surface area contributed by atoms with Gasteiger partial charge in [-0.15, -0.1) is 0 Å². The van der Waals surface area contributed by atoms with Gasteiger partial charge in [0.05, 0.1) is 6.61 Å². The molecule has 132 valence electrons. The summed E-state index contributed by atoms with van der Waals surface area (Å²) in [4.78, 5) is 6.96. The number of benzene rings is 1. The lowest BCUT2D eigenvalue weighted by Gasteiger charge is -2.26. The standard InChI is InChI=1S/C20H31N3O/c1-3-24-15-18-8-6-17(7-9-18)14-22-19(21-2)23-13-12-20(16-23)10-4-5-11-20/h6-9H,3-5,10-16H2,1-2H3,(H,21,22). The third-order valence-electron chi connectivity index (χ3n) is 5.56. The first-order chi connectivity index (χ1) is 11.7. The van der Waals surface area contributed by atoms with Crippen molar-refractivity contribution in [2.24, 2.45) is 10.4 Å². The Morgan fingerprint density at radius 2 is 1.88 bits per heavy atom. The Labute approximate surface area is 146 Å². The second-order valence-corrected chi connectivity index (χ2v) is 7.23. The van der Waals surface area contributed by atoms with Crippen LogP contribution in [0.15, 0.2) is 29.3 Å². The molecule has 0 amide bonds. The smallest absolute Gasteiger partial charge is 0.193 e. The van der Waals surface area contributed by atoms with Gasteiger partial charge in [-0.05, 0) is 42.7 Å². The van der Waals surface area contributed by atoms with E-state index in [-0.39, 0.29) is 0 Å². The number of guanidine groups is 1. The van der Waals surface area contributed by atoms with E-state index in [1.54, 1.807) is 0 Å². The van der Waals surface area contributed by atoms with Crippen LogP contribution in [0.3, 0.4) is 0 Å². The van der Waals surface area contributed by atoms with E-state index in [2.05, 4.69) is 39.5 Å². The molecule has 4 nitrogen and oxygen atoms in total. The zero-order chi connectivity index (χ0) is 16.8. The monoisotopic (exact) mass is 329 g/mol. The number of rotatable bonds is 5. The topological polar surface area (TPSA) is 36.9 Å². The maximum atomic E-state index is 5.45. The van der Waals surface area contributed by atoms with E-state index in [9.17, 15) is 0 Å². The van der Waals surface area contributed by atoms with Gasteiger partial charge in [-0.25, -0.2) is 0 Å². The molecule has 0 atom stereocenters. The fourth-order valence-electron chi connectivity index (χ4n) is 4.14. The summed E-state index contributed by atoms with van der Waals surface area (Å²) in [6.07, 6.45) is 6.96. The number of nitrogens with zero attached hydrogens (tertiary/aromatic N) is 2. The molecule has 4 heteroatoms. The summed E-state index contributed by atoms with van der Waals surface area (Å²) in [7, 11) is 1.90. The highest BCUT2D eigenvalue weighted by Crippen LogP contribution is 2.45. The molecule has 1 N–H and O–H groups in total. The van der Waals surface area contributed by atoms with Gasteiger partial charge in [0.25, 0.3) is 0 Å². The Kier molecular flexibility index (Phi) is 5.77. The zero-order valence-electron chi connectivity index (χ0n) is 15.2. The van der Waals surface area contributed by atoms with Crippen LogP contribution in [0, 0.1) is 5.41 Å². The normalized spacial score (nSPS) is 20.1. The third kappa shape index (κ3) is 4.10. The van der Waals surface area contributed by atoms with Gasteiger partial charge in [-0.1, -0.05) is 37.1 Å². The van der Waals surface area contributed by atoms with Crippen molar-refractivity contribution in [2.45, 2.75) is 52.2 Å². The summed E-state index contributed by atoms with van der Waals surface area (Å²) < 4.78 is 5.45. The first-order valence-electron chi connectivity index (χ1n) is 9.36. The molecule has 1 aliphatic carbocycles. The van der Waals surface area contributed by atoms with Crippen LogP contribution in [-0.2, 0) is 17.9 Å². The van der Waals surface area contributed by atoms with Crippen LogP contribution < -0.4 is 5.32 Å². The molecule has 3 rings (SSSR count). The van der Waals surface area contributed by atoms with Crippen LogP contribution in [0.2, 0.25) is 0 Å². The second-order valence-electron chi connectivity index (χ2n) is 7.23. The Bertz CT molecular complexity index is 547. The number of likely N-dealkylation sites (tertiary alicyclic amines) is 1. The van der Waals surface area contributed by atoms with E-state index < -0.39 is 0 Å².